The minimum Gasteiger partial charge on any atom is -0.313 e. The highest BCUT2D eigenvalue weighted by molar-refractivity contribution is 5.09. The molecule has 0 aliphatic heterocycles. The van der Waals surface area contributed by atoms with Crippen LogP contribution < -0.4 is 5.32 Å². The molecule has 0 aliphatic rings. The molecule has 1 rings (SSSR count). The van der Waals surface area contributed by atoms with Crippen molar-refractivity contribution in [2.75, 3.05) is 7.05 Å². The van der Waals surface area contributed by atoms with Gasteiger partial charge in [-0.25, -0.2) is 0 Å². The van der Waals surface area contributed by atoms with Gasteiger partial charge in [0, 0.05) is 24.3 Å². The monoisotopic (exact) mass is 209 g/mol. The molecule has 1 unspecified atom stereocenters. The van der Waals surface area contributed by atoms with Crippen molar-refractivity contribution in [3.8, 4) is 0 Å². The van der Waals surface area contributed by atoms with Crippen molar-refractivity contribution in [3.63, 3.8) is 0 Å². The van der Waals surface area contributed by atoms with Gasteiger partial charge in [-0.05, 0) is 25.8 Å². The Kier molecular flexibility index (Phi) is 4.82. The number of rotatable bonds is 6. The Bertz CT molecular complexity index is 274. The second-order valence-electron chi connectivity index (χ2n) is 4.47. The summed E-state index contributed by atoms with van der Waals surface area (Å²) in [6.45, 7) is 7.70. The number of nitrogens with one attached hydrogen (secondary N) is 1. The molecule has 0 bridgehead atoms. The minimum absolute atomic E-state index is 0.442. The maximum atomic E-state index is 4.38. The molecule has 0 fully saturated rings. The Hall–Kier alpha value is -0.830. The molecular weight excluding hydrogens is 186 g/mol. The maximum absolute atomic E-state index is 4.38. The molecule has 1 N–H and O–H groups in total. The van der Waals surface area contributed by atoms with Crippen LogP contribution in [0.5, 0.6) is 0 Å². The van der Waals surface area contributed by atoms with Gasteiger partial charge in [0.05, 0.1) is 6.20 Å². The van der Waals surface area contributed by atoms with E-state index in [-0.39, 0.29) is 0 Å². The number of aromatic nitrogens is 2. The fraction of sp³-hybridized carbons (Fsp3) is 0.750. The van der Waals surface area contributed by atoms with Gasteiger partial charge < -0.3 is 5.32 Å². The summed E-state index contributed by atoms with van der Waals surface area (Å²) in [4.78, 5) is 0. The van der Waals surface area contributed by atoms with Crippen LogP contribution in [-0.4, -0.2) is 16.8 Å². The van der Waals surface area contributed by atoms with E-state index in [2.05, 4.69) is 42.1 Å². The third kappa shape index (κ3) is 3.67. The molecule has 0 aromatic carbocycles. The summed E-state index contributed by atoms with van der Waals surface area (Å²) in [5.74, 6) is 0.740. The van der Waals surface area contributed by atoms with E-state index in [9.17, 15) is 0 Å². The molecule has 1 atom stereocenters. The minimum atomic E-state index is 0.442. The van der Waals surface area contributed by atoms with Crippen LogP contribution in [0.15, 0.2) is 12.4 Å². The van der Waals surface area contributed by atoms with Gasteiger partial charge in [-0.1, -0.05) is 20.8 Å². The lowest BCUT2D eigenvalue weighted by atomic mass is 10.1. The molecule has 3 nitrogen and oxygen atoms in total. The van der Waals surface area contributed by atoms with Gasteiger partial charge in [0.25, 0.3) is 0 Å². The van der Waals surface area contributed by atoms with E-state index >= 15 is 0 Å². The van der Waals surface area contributed by atoms with Crippen molar-refractivity contribution in [2.45, 2.75) is 46.2 Å². The second-order valence-corrected chi connectivity index (χ2v) is 4.47. The van der Waals surface area contributed by atoms with Crippen LogP contribution in [0.2, 0.25) is 0 Å². The van der Waals surface area contributed by atoms with E-state index in [0.29, 0.717) is 6.04 Å². The molecule has 0 saturated carbocycles. The van der Waals surface area contributed by atoms with Gasteiger partial charge in [-0.3, -0.25) is 4.68 Å². The Morgan fingerprint density at radius 2 is 2.20 bits per heavy atom. The molecule has 1 aromatic heterocycles. The molecule has 1 aromatic rings. The lowest BCUT2D eigenvalue weighted by Gasteiger charge is -2.10. The highest BCUT2D eigenvalue weighted by Gasteiger charge is 2.08. The number of hydrogen-bond donors (Lipinski definition) is 1. The summed E-state index contributed by atoms with van der Waals surface area (Å²) in [5, 5.41) is 7.67. The van der Waals surface area contributed by atoms with E-state index in [0.717, 1.165) is 18.9 Å². The molecule has 1 heterocycles. The van der Waals surface area contributed by atoms with Crippen molar-refractivity contribution < 1.29 is 0 Å². The summed E-state index contributed by atoms with van der Waals surface area (Å²) < 4.78 is 2.05. The van der Waals surface area contributed by atoms with Crippen molar-refractivity contribution >= 4 is 0 Å². The highest BCUT2D eigenvalue weighted by Crippen LogP contribution is 2.15. The fourth-order valence-corrected chi connectivity index (χ4v) is 1.68. The lowest BCUT2D eigenvalue weighted by molar-refractivity contribution is 0.486. The first-order valence-corrected chi connectivity index (χ1v) is 5.87. The SMILES string of the molecule is CCC(NC)c1cnn(CCC(C)C)c1. The lowest BCUT2D eigenvalue weighted by Crippen LogP contribution is -2.14. The van der Waals surface area contributed by atoms with Crippen LogP contribution in [0, 0.1) is 5.92 Å². The zero-order chi connectivity index (χ0) is 11.3. The van der Waals surface area contributed by atoms with Crippen LogP contribution in [0.4, 0.5) is 0 Å². The third-order valence-electron chi connectivity index (χ3n) is 2.75. The third-order valence-corrected chi connectivity index (χ3v) is 2.75. The second kappa shape index (κ2) is 5.91. The average Bonchev–Trinajstić information content (AvgIpc) is 2.65. The normalized spacial score (nSPS) is 13.4. The van der Waals surface area contributed by atoms with E-state index in [4.69, 9.17) is 0 Å². The zero-order valence-corrected chi connectivity index (χ0v) is 10.3. The molecule has 15 heavy (non-hydrogen) atoms. The van der Waals surface area contributed by atoms with Crippen LogP contribution in [-0.2, 0) is 6.54 Å². The summed E-state index contributed by atoms with van der Waals surface area (Å²) in [5.41, 5.74) is 1.30. The number of nitrogens with zero attached hydrogens (tertiary/aromatic N) is 2. The largest absolute Gasteiger partial charge is 0.313 e. The van der Waals surface area contributed by atoms with Gasteiger partial charge >= 0.3 is 0 Å². The summed E-state index contributed by atoms with van der Waals surface area (Å²) in [6, 6.07) is 0.442. The first kappa shape index (κ1) is 12.2. The van der Waals surface area contributed by atoms with Gasteiger partial charge in [-0.2, -0.15) is 5.10 Å². The van der Waals surface area contributed by atoms with Gasteiger partial charge in [0.1, 0.15) is 0 Å². The van der Waals surface area contributed by atoms with E-state index in [1.54, 1.807) is 0 Å². The van der Waals surface area contributed by atoms with Crippen LogP contribution in [0.1, 0.15) is 45.2 Å². The van der Waals surface area contributed by atoms with E-state index < -0.39 is 0 Å². The standard InChI is InChI=1S/C12H23N3/c1-5-12(13-4)11-8-14-15(9-11)7-6-10(2)3/h8-10,12-13H,5-7H2,1-4H3. The first-order valence-electron chi connectivity index (χ1n) is 5.87. The van der Waals surface area contributed by atoms with E-state index in [1.807, 2.05) is 13.2 Å². The Morgan fingerprint density at radius 3 is 2.73 bits per heavy atom. The molecule has 0 amide bonds. The topological polar surface area (TPSA) is 29.9 Å². The zero-order valence-electron chi connectivity index (χ0n) is 10.3. The smallest absolute Gasteiger partial charge is 0.0537 e. The van der Waals surface area contributed by atoms with Crippen LogP contribution in [0.3, 0.4) is 0 Å². The average molecular weight is 209 g/mol. The molecule has 0 radical (unpaired) electrons. The van der Waals surface area contributed by atoms with Crippen LogP contribution in [0.25, 0.3) is 0 Å². The van der Waals surface area contributed by atoms with Gasteiger partial charge in [0.15, 0.2) is 0 Å². The number of aryl methyl sites for hydroxylation is 1. The Labute approximate surface area is 92.9 Å². The Morgan fingerprint density at radius 1 is 1.47 bits per heavy atom. The summed E-state index contributed by atoms with van der Waals surface area (Å²) in [7, 11) is 2.00. The highest BCUT2D eigenvalue weighted by atomic mass is 15.3. The Balaban J connectivity index is 2.55. The van der Waals surface area contributed by atoms with E-state index in [1.165, 1.54) is 12.0 Å². The van der Waals surface area contributed by atoms with Crippen LogP contribution >= 0.6 is 0 Å². The molecule has 0 spiro atoms. The quantitative estimate of drug-likeness (QED) is 0.780. The molecular formula is C12H23N3. The molecule has 0 saturated heterocycles. The fourth-order valence-electron chi connectivity index (χ4n) is 1.68. The van der Waals surface area contributed by atoms with Crippen molar-refractivity contribution in [3.05, 3.63) is 18.0 Å². The van der Waals surface area contributed by atoms with Gasteiger partial charge in [0.2, 0.25) is 0 Å². The summed E-state index contributed by atoms with van der Waals surface area (Å²) in [6.07, 6.45) is 6.43. The van der Waals surface area contributed by atoms with Crippen molar-refractivity contribution in [2.24, 2.45) is 5.92 Å². The molecule has 86 valence electrons. The van der Waals surface area contributed by atoms with Crippen molar-refractivity contribution in [1.29, 1.82) is 0 Å². The predicted octanol–water partition coefficient (Wildman–Crippen LogP) is 2.60. The van der Waals surface area contributed by atoms with Crippen molar-refractivity contribution in [1.82, 2.24) is 15.1 Å². The summed E-state index contributed by atoms with van der Waals surface area (Å²) >= 11 is 0. The molecule has 0 aliphatic carbocycles. The first-order chi connectivity index (χ1) is 7.17. The molecule has 3 heteroatoms. The predicted molar refractivity (Wildman–Crippen MR) is 63.8 cm³/mol. The number of hydrogen-bond acceptors (Lipinski definition) is 2. The maximum Gasteiger partial charge on any atom is 0.0537 e. The van der Waals surface area contributed by atoms with Gasteiger partial charge in [-0.15, -0.1) is 0 Å².